The monoisotopic (exact) mass is 676 g/mol. The molecule has 5 N–H and O–H groups in total. The van der Waals surface area contributed by atoms with E-state index in [-0.39, 0.29) is 74.6 Å². The number of Topliss-reactive ketones (excluding diaryl/α,β-unsaturated/α-hetero) is 1. The fourth-order valence-corrected chi connectivity index (χ4v) is 5.89. The van der Waals surface area contributed by atoms with Gasteiger partial charge in [-0.1, -0.05) is 0 Å². The number of ether oxygens (including phenoxy) is 2. The van der Waals surface area contributed by atoms with Gasteiger partial charge in [0.2, 0.25) is 16.4 Å². The maximum atomic E-state index is 12.9. The molecule has 1 unspecified atom stereocenters. The van der Waals surface area contributed by atoms with E-state index in [9.17, 15) is 43.9 Å². The maximum Gasteiger partial charge on any atom is 1.00 e. The Morgan fingerprint density at radius 1 is 0.907 bits per heavy atom. The number of nitrogens with zero attached hydrogens (tertiary/aromatic N) is 2. The van der Waals surface area contributed by atoms with Crippen molar-refractivity contribution in [1.82, 2.24) is 6.15 Å². The van der Waals surface area contributed by atoms with Gasteiger partial charge < -0.3 is 30.0 Å². The van der Waals surface area contributed by atoms with Gasteiger partial charge in [0, 0.05) is 12.1 Å². The second-order valence-corrected chi connectivity index (χ2v) is 12.8. The predicted octanol–water partition coefficient (Wildman–Crippen LogP) is -1.46. The van der Waals surface area contributed by atoms with Crippen LogP contribution in [0.5, 0.6) is 11.5 Å². The van der Waals surface area contributed by atoms with Crippen LogP contribution in [0.1, 0.15) is 18.1 Å². The number of rotatable bonds is 13. The topological polar surface area (TPSA) is 284 Å². The molecule has 0 saturated heterocycles. The molecule has 0 aliphatic rings. The van der Waals surface area contributed by atoms with Gasteiger partial charge in [-0.15, -0.1) is 0 Å². The molecule has 0 heterocycles. The zero-order valence-electron chi connectivity index (χ0n) is 24.2. The van der Waals surface area contributed by atoms with Gasteiger partial charge in [0.05, 0.1) is 42.1 Å². The first kappa shape index (κ1) is 40.5. The van der Waals surface area contributed by atoms with Gasteiger partial charge >= 0.3 is 29.6 Å². The standard InChI is InChI=1S/C22H27N3O13S3.H3N.Na/c1-12-9-16(18(37-5)10-19(12)39(28,29)7-6-38-41(33,34)35)24-25-21(14(3)26)22(27)23-15-8-13(2)20(40(30,31)32)11-17(15)36-4;;/h8-11,21H,6-7H2,1-5H3,(H,23,27)(H,30,31,32)(H,33,34,35);1H3;/q;;+1/p-1. The molecule has 17 nitrogen and oxygen atoms in total. The molecule has 0 aromatic heterocycles. The molecular formula is C22H29N4NaO13S3. The minimum absolute atomic E-state index is 0. The fraction of sp³-hybridized carbons (Fsp3) is 0.364. The molecule has 0 spiro atoms. The van der Waals surface area contributed by atoms with E-state index in [0.29, 0.717) is 0 Å². The number of aryl methyl sites for hydroxylation is 2. The van der Waals surface area contributed by atoms with E-state index in [4.69, 9.17) is 9.47 Å². The number of azo groups is 1. The average Bonchev–Trinajstić information content (AvgIpc) is 2.82. The average molecular weight is 677 g/mol. The van der Waals surface area contributed by atoms with Crippen LogP contribution >= 0.6 is 0 Å². The molecular weight excluding hydrogens is 647 g/mol. The second-order valence-electron chi connectivity index (χ2n) is 8.33. The number of carbonyl (C=O) groups is 2. The molecule has 1 atom stereocenters. The molecule has 2 aromatic carbocycles. The quantitative estimate of drug-likeness (QED) is 0.0807. The second kappa shape index (κ2) is 16.0. The largest absolute Gasteiger partial charge is 1.00 e. The van der Waals surface area contributed by atoms with Crippen LogP contribution in [0.2, 0.25) is 0 Å². The van der Waals surface area contributed by atoms with Crippen molar-refractivity contribution in [3.05, 3.63) is 35.4 Å². The van der Waals surface area contributed by atoms with Crippen LogP contribution in [0.25, 0.3) is 0 Å². The summed E-state index contributed by atoms with van der Waals surface area (Å²) >= 11 is 0. The van der Waals surface area contributed by atoms with Crippen molar-refractivity contribution in [2.24, 2.45) is 10.2 Å². The molecule has 2 aromatic rings. The summed E-state index contributed by atoms with van der Waals surface area (Å²) in [6, 6.07) is 2.66. The predicted molar refractivity (Wildman–Crippen MR) is 145 cm³/mol. The van der Waals surface area contributed by atoms with Crippen molar-refractivity contribution in [2.75, 3.05) is 31.9 Å². The number of sulfone groups is 1. The van der Waals surface area contributed by atoms with E-state index in [1.165, 1.54) is 40.2 Å². The van der Waals surface area contributed by atoms with Crippen molar-refractivity contribution in [1.29, 1.82) is 0 Å². The van der Waals surface area contributed by atoms with E-state index in [1.54, 1.807) is 0 Å². The summed E-state index contributed by atoms with van der Waals surface area (Å²) in [4.78, 5) is 24.3. The summed E-state index contributed by atoms with van der Waals surface area (Å²) in [5, 5.41) is 10.0. The first-order valence-corrected chi connectivity index (χ1v) is 15.6. The van der Waals surface area contributed by atoms with E-state index in [0.717, 1.165) is 19.1 Å². The van der Waals surface area contributed by atoms with Crippen LogP contribution < -0.4 is 50.5 Å². The van der Waals surface area contributed by atoms with Gasteiger partial charge in [-0.3, -0.25) is 13.8 Å². The van der Waals surface area contributed by atoms with Crippen molar-refractivity contribution in [2.45, 2.75) is 36.6 Å². The number of anilines is 1. The molecule has 43 heavy (non-hydrogen) atoms. The van der Waals surface area contributed by atoms with Crippen molar-refractivity contribution in [3.8, 4) is 11.5 Å². The number of quaternary nitrogens is 1. The zero-order chi connectivity index (χ0) is 31.3. The van der Waals surface area contributed by atoms with Crippen LogP contribution in [0, 0.1) is 13.8 Å². The SMILES string of the molecule is COc1cc(S(=O)(=O)CCOS(=O)(=O)[O-])c(C)cc1N=NC(C(C)=O)C(=O)Nc1cc(C)c(S(=O)(=O)[O-])cc1OC.[NH4+].[Na+]. The van der Waals surface area contributed by atoms with E-state index in [2.05, 4.69) is 19.7 Å². The number of amides is 1. The third-order valence-corrected chi connectivity index (χ3v) is 8.58. The molecule has 1 amide bonds. The number of ketones is 1. The molecule has 0 fully saturated rings. The van der Waals surface area contributed by atoms with Crippen LogP contribution in [0.4, 0.5) is 11.4 Å². The van der Waals surface area contributed by atoms with Crippen LogP contribution in [-0.4, -0.2) is 78.7 Å². The zero-order valence-corrected chi connectivity index (χ0v) is 28.7. The molecule has 0 saturated carbocycles. The summed E-state index contributed by atoms with van der Waals surface area (Å²) < 4.78 is 106. The Kier molecular flexibility index (Phi) is 15.0. The maximum absolute atomic E-state index is 12.9. The summed E-state index contributed by atoms with van der Waals surface area (Å²) in [6.45, 7) is 2.85. The van der Waals surface area contributed by atoms with Crippen LogP contribution in [0.15, 0.2) is 44.3 Å². The Balaban J connectivity index is 0.00000882. The Hall–Kier alpha value is -2.53. The number of benzene rings is 2. The number of hydrogen-bond donors (Lipinski definition) is 2. The molecule has 0 aliphatic carbocycles. The summed E-state index contributed by atoms with van der Waals surface area (Å²) in [7, 11) is -11.7. The van der Waals surface area contributed by atoms with Crippen LogP contribution in [0.3, 0.4) is 0 Å². The normalized spacial score (nSPS) is 12.5. The number of nitrogens with one attached hydrogen (secondary N) is 1. The van der Waals surface area contributed by atoms with Gasteiger partial charge in [0.25, 0.3) is 5.91 Å². The number of methoxy groups -OCH3 is 2. The van der Waals surface area contributed by atoms with Crippen molar-refractivity contribution < 1.29 is 87.2 Å². The van der Waals surface area contributed by atoms with Gasteiger partial charge in [0.1, 0.15) is 27.3 Å². The Morgan fingerprint density at radius 2 is 1.44 bits per heavy atom. The summed E-state index contributed by atoms with van der Waals surface area (Å²) in [5.74, 6) is -2.88. The fourth-order valence-electron chi connectivity index (χ4n) is 3.43. The minimum atomic E-state index is -5.09. The molecule has 0 aliphatic heterocycles. The van der Waals surface area contributed by atoms with E-state index < -0.39 is 65.3 Å². The Bertz CT molecular complexity index is 1710. The third-order valence-electron chi connectivity index (χ3n) is 5.33. The van der Waals surface area contributed by atoms with Gasteiger partial charge in [0.15, 0.2) is 15.6 Å². The summed E-state index contributed by atoms with van der Waals surface area (Å²) in [6.07, 6.45) is 0. The smallest absolute Gasteiger partial charge is 0.744 e. The van der Waals surface area contributed by atoms with Gasteiger partial charge in [-0.25, -0.2) is 25.3 Å². The third kappa shape index (κ3) is 11.2. The molecule has 21 heteroatoms. The molecule has 2 rings (SSSR count). The van der Waals surface area contributed by atoms with Gasteiger partial charge in [-0.2, -0.15) is 10.2 Å². The van der Waals surface area contributed by atoms with Gasteiger partial charge in [-0.05, 0) is 44.0 Å². The van der Waals surface area contributed by atoms with Crippen molar-refractivity contribution in [3.63, 3.8) is 0 Å². The molecule has 0 bridgehead atoms. The first-order chi connectivity index (χ1) is 18.8. The minimum Gasteiger partial charge on any atom is -0.744 e. The Morgan fingerprint density at radius 3 is 1.93 bits per heavy atom. The molecule has 234 valence electrons. The molecule has 0 radical (unpaired) electrons. The first-order valence-electron chi connectivity index (χ1n) is 11.2. The van der Waals surface area contributed by atoms with E-state index in [1.807, 2.05) is 0 Å². The van der Waals surface area contributed by atoms with E-state index >= 15 is 0 Å². The van der Waals surface area contributed by atoms with Crippen LogP contribution in [-0.2, 0) is 44.1 Å². The number of carbonyl (C=O) groups excluding carboxylic acids is 2. The van der Waals surface area contributed by atoms with Crippen molar-refractivity contribution >= 4 is 53.4 Å². The summed E-state index contributed by atoms with van der Waals surface area (Å²) in [5.41, 5.74) is -0.00355. The Labute approximate surface area is 270 Å². The number of hydrogen-bond acceptors (Lipinski definition) is 15.